The first-order valence-electron chi connectivity index (χ1n) is 9.66. The van der Waals surface area contributed by atoms with Gasteiger partial charge < -0.3 is 10.1 Å². The molecule has 0 unspecified atom stereocenters. The summed E-state index contributed by atoms with van der Waals surface area (Å²) in [6.45, 7) is 2.37. The molecule has 3 rings (SSSR count). The Morgan fingerprint density at radius 1 is 0.969 bits per heavy atom. The van der Waals surface area contributed by atoms with Crippen LogP contribution in [0.25, 0.3) is 0 Å². The van der Waals surface area contributed by atoms with Crippen LogP contribution in [0.2, 0.25) is 0 Å². The van der Waals surface area contributed by atoms with Gasteiger partial charge in [-0.05, 0) is 55.5 Å². The topological polar surface area (TPSA) is 128 Å². The predicted octanol–water partition coefficient (Wildman–Crippen LogP) is 3.98. The molecule has 0 aliphatic heterocycles. The van der Waals surface area contributed by atoms with Gasteiger partial charge in [0.25, 0.3) is 15.7 Å². The van der Waals surface area contributed by atoms with Crippen molar-refractivity contribution in [1.82, 2.24) is 0 Å². The third kappa shape index (κ3) is 5.82. The Hall–Kier alpha value is -3.92. The van der Waals surface area contributed by atoms with Crippen molar-refractivity contribution in [3.05, 3.63) is 88.5 Å². The fraction of sp³-hybridized carbons (Fsp3) is 0.136. The lowest BCUT2D eigenvalue weighted by atomic mass is 10.1. The van der Waals surface area contributed by atoms with Gasteiger partial charge in [0, 0.05) is 23.0 Å². The number of anilines is 2. The quantitative estimate of drug-likeness (QED) is 0.371. The number of benzene rings is 3. The molecule has 0 saturated heterocycles. The normalized spacial score (nSPS) is 10.9. The van der Waals surface area contributed by atoms with E-state index in [2.05, 4.69) is 10.0 Å². The zero-order valence-corrected chi connectivity index (χ0v) is 18.0. The maximum atomic E-state index is 12.6. The Balaban J connectivity index is 1.65. The van der Waals surface area contributed by atoms with E-state index in [0.29, 0.717) is 23.7 Å². The van der Waals surface area contributed by atoms with Gasteiger partial charge in [-0.25, -0.2) is 8.42 Å². The number of para-hydroxylation sites is 1. The molecule has 10 heteroatoms. The van der Waals surface area contributed by atoms with E-state index in [-0.39, 0.29) is 22.6 Å². The summed E-state index contributed by atoms with van der Waals surface area (Å²) in [7, 11) is -3.83. The maximum absolute atomic E-state index is 12.6. The van der Waals surface area contributed by atoms with Crippen LogP contribution in [0.3, 0.4) is 0 Å². The molecule has 32 heavy (non-hydrogen) atoms. The molecule has 2 N–H and O–H groups in total. The Morgan fingerprint density at radius 3 is 2.22 bits per heavy atom. The number of nitro groups is 1. The second kappa shape index (κ2) is 9.92. The minimum Gasteiger partial charge on any atom is -0.494 e. The first-order valence-corrected chi connectivity index (χ1v) is 11.1. The van der Waals surface area contributed by atoms with Crippen molar-refractivity contribution in [2.24, 2.45) is 0 Å². The third-order valence-electron chi connectivity index (χ3n) is 4.41. The number of carbonyl (C=O) groups excluding carboxylic acids is 1. The number of nitro benzene ring substituents is 1. The number of hydrogen-bond donors (Lipinski definition) is 2. The summed E-state index contributed by atoms with van der Waals surface area (Å²) in [5, 5.41) is 13.7. The molecular formula is C22H21N3O6S. The molecular weight excluding hydrogens is 434 g/mol. The second-order valence-electron chi connectivity index (χ2n) is 6.70. The van der Waals surface area contributed by atoms with Gasteiger partial charge in [0.15, 0.2) is 0 Å². The van der Waals surface area contributed by atoms with Gasteiger partial charge in [-0.15, -0.1) is 0 Å². The third-order valence-corrected chi connectivity index (χ3v) is 5.80. The smallest absolute Gasteiger partial charge is 0.273 e. The Morgan fingerprint density at radius 2 is 1.59 bits per heavy atom. The number of sulfonamides is 1. The fourth-order valence-electron chi connectivity index (χ4n) is 2.93. The highest BCUT2D eigenvalue weighted by atomic mass is 32.2. The molecule has 9 nitrogen and oxygen atoms in total. The average molecular weight is 455 g/mol. The van der Waals surface area contributed by atoms with Crippen molar-refractivity contribution in [1.29, 1.82) is 0 Å². The Bertz CT molecular complexity index is 1210. The van der Waals surface area contributed by atoms with Crippen molar-refractivity contribution in [2.75, 3.05) is 16.6 Å². The van der Waals surface area contributed by atoms with Crippen LogP contribution >= 0.6 is 0 Å². The summed E-state index contributed by atoms with van der Waals surface area (Å²) >= 11 is 0. The molecule has 0 aromatic heterocycles. The van der Waals surface area contributed by atoms with Gasteiger partial charge >= 0.3 is 0 Å². The molecule has 0 atom stereocenters. The first kappa shape index (κ1) is 22.8. The van der Waals surface area contributed by atoms with Gasteiger partial charge in [-0.2, -0.15) is 0 Å². The molecule has 0 heterocycles. The maximum Gasteiger partial charge on any atom is 0.273 e. The van der Waals surface area contributed by atoms with Crippen LogP contribution in [-0.4, -0.2) is 25.9 Å². The molecule has 0 spiro atoms. The van der Waals surface area contributed by atoms with Gasteiger partial charge in [0.1, 0.15) is 5.75 Å². The van der Waals surface area contributed by atoms with E-state index in [1.807, 2.05) is 6.92 Å². The lowest BCUT2D eigenvalue weighted by Gasteiger charge is -2.10. The highest BCUT2D eigenvalue weighted by Gasteiger charge is 2.17. The lowest BCUT2D eigenvalue weighted by molar-refractivity contribution is -0.385. The number of nitrogens with zero attached hydrogens (tertiary/aromatic N) is 1. The Labute approximate surface area is 185 Å². The largest absolute Gasteiger partial charge is 0.494 e. The molecule has 0 bridgehead atoms. The van der Waals surface area contributed by atoms with Gasteiger partial charge in [-0.1, -0.05) is 18.2 Å². The van der Waals surface area contributed by atoms with Crippen LogP contribution in [-0.2, 0) is 21.2 Å². The fourth-order valence-corrected chi connectivity index (χ4v) is 3.99. The van der Waals surface area contributed by atoms with Crippen molar-refractivity contribution in [2.45, 2.75) is 18.2 Å². The minimum absolute atomic E-state index is 0.0167. The van der Waals surface area contributed by atoms with E-state index < -0.39 is 20.9 Å². The van der Waals surface area contributed by atoms with Crippen LogP contribution < -0.4 is 14.8 Å². The van der Waals surface area contributed by atoms with Crippen molar-refractivity contribution < 1.29 is 22.9 Å². The monoisotopic (exact) mass is 455 g/mol. The van der Waals surface area contributed by atoms with Crippen LogP contribution in [0, 0.1) is 10.1 Å². The summed E-state index contributed by atoms with van der Waals surface area (Å²) in [6, 6.07) is 18.1. The van der Waals surface area contributed by atoms with E-state index in [0.717, 1.165) is 0 Å². The van der Waals surface area contributed by atoms with Crippen LogP contribution in [0.5, 0.6) is 5.75 Å². The van der Waals surface area contributed by atoms with Crippen LogP contribution in [0.1, 0.15) is 12.5 Å². The summed E-state index contributed by atoms with van der Waals surface area (Å²) in [4.78, 5) is 22.8. The lowest BCUT2D eigenvalue weighted by Crippen LogP contribution is -2.16. The molecule has 1 amide bonds. The zero-order valence-electron chi connectivity index (χ0n) is 17.1. The molecule has 166 valence electrons. The average Bonchev–Trinajstić information content (AvgIpc) is 2.75. The molecule has 0 saturated carbocycles. The van der Waals surface area contributed by atoms with Crippen LogP contribution in [0.15, 0.2) is 77.7 Å². The summed E-state index contributed by atoms with van der Waals surface area (Å²) in [6.07, 6.45) is -0.184. The summed E-state index contributed by atoms with van der Waals surface area (Å²) in [5.74, 6) is 0.179. The van der Waals surface area contributed by atoms with Gasteiger partial charge in [0.05, 0.1) is 22.8 Å². The predicted molar refractivity (Wildman–Crippen MR) is 120 cm³/mol. The molecule has 3 aromatic carbocycles. The van der Waals surface area contributed by atoms with E-state index in [1.165, 1.54) is 42.5 Å². The number of hydrogen-bond acceptors (Lipinski definition) is 6. The van der Waals surface area contributed by atoms with Crippen molar-refractivity contribution >= 4 is 33.0 Å². The van der Waals surface area contributed by atoms with Gasteiger partial charge in [-0.3, -0.25) is 19.6 Å². The van der Waals surface area contributed by atoms with E-state index in [4.69, 9.17) is 4.74 Å². The molecule has 0 aliphatic carbocycles. The van der Waals surface area contributed by atoms with Crippen LogP contribution in [0.4, 0.5) is 17.1 Å². The highest BCUT2D eigenvalue weighted by molar-refractivity contribution is 7.92. The minimum atomic E-state index is -3.83. The molecule has 0 aliphatic rings. The number of rotatable bonds is 9. The summed E-state index contributed by atoms with van der Waals surface area (Å²) in [5.41, 5.74) is 0.905. The van der Waals surface area contributed by atoms with E-state index >= 15 is 0 Å². The molecule has 0 fully saturated rings. The van der Waals surface area contributed by atoms with E-state index in [1.54, 1.807) is 30.3 Å². The zero-order chi connectivity index (χ0) is 23.1. The van der Waals surface area contributed by atoms with Crippen molar-refractivity contribution in [3.8, 4) is 5.75 Å². The first-order chi connectivity index (χ1) is 15.3. The second-order valence-corrected chi connectivity index (χ2v) is 8.38. The number of ether oxygens (including phenoxy) is 1. The number of nitrogens with one attached hydrogen (secondary N) is 2. The van der Waals surface area contributed by atoms with E-state index in [9.17, 15) is 23.3 Å². The standard InChI is InChI=1S/C22H21N3O6S/c1-2-31-19-11-7-18(8-12-19)24-32(29,30)20-13-9-17(10-14-20)23-22(26)15-16-5-3-4-6-21(16)25(27)28/h3-14,24H,2,15H2,1H3,(H,23,26). The molecule has 0 radical (unpaired) electrons. The summed E-state index contributed by atoms with van der Waals surface area (Å²) < 4.78 is 33.0. The van der Waals surface area contributed by atoms with Gasteiger partial charge in [0.2, 0.25) is 5.91 Å². The SMILES string of the molecule is CCOc1ccc(NS(=O)(=O)c2ccc(NC(=O)Cc3ccccc3[N+](=O)[O-])cc2)cc1. The van der Waals surface area contributed by atoms with Crippen molar-refractivity contribution in [3.63, 3.8) is 0 Å². The molecule has 3 aromatic rings. The Kier molecular flexibility index (Phi) is 7.06. The highest BCUT2D eigenvalue weighted by Crippen LogP contribution is 2.22. The number of carbonyl (C=O) groups is 1. The number of amides is 1.